The molecule has 1 aromatic carbocycles. The van der Waals surface area contributed by atoms with Crippen molar-refractivity contribution in [1.29, 1.82) is 0 Å². The van der Waals surface area contributed by atoms with Crippen molar-refractivity contribution in [2.75, 3.05) is 13.0 Å². The van der Waals surface area contributed by atoms with Crippen molar-refractivity contribution < 1.29 is 19.0 Å². The van der Waals surface area contributed by atoms with Gasteiger partial charge in [0.05, 0.1) is 24.8 Å². The molecule has 0 fully saturated rings. The van der Waals surface area contributed by atoms with Gasteiger partial charge in [0.1, 0.15) is 11.6 Å². The molecule has 1 atom stereocenters. The van der Waals surface area contributed by atoms with E-state index >= 15 is 0 Å². The van der Waals surface area contributed by atoms with Crippen LogP contribution < -0.4 is 4.74 Å². The van der Waals surface area contributed by atoms with Gasteiger partial charge in [-0.05, 0) is 36.8 Å². The average Bonchev–Trinajstić information content (AvgIpc) is 3.04. The molecule has 0 amide bonds. The summed E-state index contributed by atoms with van der Waals surface area (Å²) in [6.45, 7) is 7.67. The maximum atomic E-state index is 14.9. The number of ether oxygens (including phenoxy) is 1. The number of carboxylic acid groups (broad SMARTS) is 1. The van der Waals surface area contributed by atoms with E-state index in [1.54, 1.807) is 17.1 Å². The highest BCUT2D eigenvalue weighted by Gasteiger charge is 2.31. The molecule has 0 aliphatic carbocycles. The first-order valence-corrected chi connectivity index (χ1v) is 9.51. The van der Waals surface area contributed by atoms with Crippen molar-refractivity contribution in [1.82, 2.24) is 9.55 Å². The number of alkyl halides is 1. The summed E-state index contributed by atoms with van der Waals surface area (Å²) >= 11 is 5.90. The summed E-state index contributed by atoms with van der Waals surface area (Å²) in [5, 5.41) is 9.77. The van der Waals surface area contributed by atoms with E-state index in [-0.39, 0.29) is 22.5 Å². The summed E-state index contributed by atoms with van der Waals surface area (Å²) < 4.78 is 21.9. The predicted molar refractivity (Wildman–Crippen MR) is 109 cm³/mol. The Kier molecular flexibility index (Phi) is 6.88. The SMILES string of the molecule is COc1cc(C=C(C(=O)O)C(CCCl)C(C)(C)C)c(F)cc1-n1cnc(C)c1. The van der Waals surface area contributed by atoms with Crippen LogP contribution in [0.15, 0.2) is 30.2 Å². The quantitative estimate of drug-likeness (QED) is 0.512. The summed E-state index contributed by atoms with van der Waals surface area (Å²) in [5.41, 5.74) is 1.21. The van der Waals surface area contributed by atoms with E-state index in [1.807, 2.05) is 27.7 Å². The average molecular weight is 409 g/mol. The third-order valence-corrected chi connectivity index (χ3v) is 4.88. The third kappa shape index (κ3) is 4.93. The van der Waals surface area contributed by atoms with Crippen LogP contribution in [-0.2, 0) is 4.79 Å². The Hall–Kier alpha value is -2.34. The molecule has 28 heavy (non-hydrogen) atoms. The summed E-state index contributed by atoms with van der Waals surface area (Å²) in [4.78, 5) is 16.1. The van der Waals surface area contributed by atoms with Crippen molar-refractivity contribution in [2.24, 2.45) is 11.3 Å². The Labute approximate surface area is 169 Å². The van der Waals surface area contributed by atoms with Gasteiger partial charge in [0, 0.05) is 29.3 Å². The fourth-order valence-corrected chi connectivity index (χ4v) is 3.45. The van der Waals surface area contributed by atoms with Crippen LogP contribution in [0.25, 0.3) is 11.8 Å². The highest BCUT2D eigenvalue weighted by molar-refractivity contribution is 6.17. The molecule has 0 aliphatic rings. The van der Waals surface area contributed by atoms with Gasteiger partial charge in [-0.2, -0.15) is 0 Å². The van der Waals surface area contributed by atoms with Crippen molar-refractivity contribution in [3.63, 3.8) is 0 Å². The molecule has 1 heterocycles. The number of aryl methyl sites for hydroxylation is 1. The number of carbonyl (C=O) groups is 1. The van der Waals surface area contributed by atoms with E-state index in [0.29, 0.717) is 23.7 Å². The number of benzene rings is 1. The van der Waals surface area contributed by atoms with E-state index in [9.17, 15) is 14.3 Å². The van der Waals surface area contributed by atoms with Gasteiger partial charge >= 0.3 is 5.97 Å². The minimum Gasteiger partial charge on any atom is -0.495 e. The van der Waals surface area contributed by atoms with E-state index in [2.05, 4.69) is 4.98 Å². The molecule has 0 radical (unpaired) electrons. The lowest BCUT2D eigenvalue weighted by Gasteiger charge is -2.31. The largest absolute Gasteiger partial charge is 0.495 e. The van der Waals surface area contributed by atoms with E-state index in [4.69, 9.17) is 16.3 Å². The third-order valence-electron chi connectivity index (χ3n) is 4.66. The standard InChI is InChI=1S/C21H26ClFN2O3/c1-13-11-25(12-24-13)18-10-17(23)14(9-19(18)28-5)8-15(20(26)27)16(6-7-22)21(2,3)4/h8-12,16H,6-7H2,1-5H3,(H,26,27). The van der Waals surface area contributed by atoms with Crippen molar-refractivity contribution in [3.8, 4) is 11.4 Å². The van der Waals surface area contributed by atoms with Crippen LogP contribution in [-0.4, -0.2) is 33.6 Å². The van der Waals surface area contributed by atoms with Gasteiger partial charge in [-0.1, -0.05) is 20.8 Å². The van der Waals surface area contributed by atoms with Crippen LogP contribution >= 0.6 is 11.6 Å². The van der Waals surface area contributed by atoms with Crippen LogP contribution in [0.2, 0.25) is 0 Å². The number of halogens is 2. The second kappa shape index (κ2) is 8.78. The maximum absolute atomic E-state index is 14.9. The maximum Gasteiger partial charge on any atom is 0.331 e. The smallest absolute Gasteiger partial charge is 0.331 e. The van der Waals surface area contributed by atoms with Gasteiger partial charge in [-0.25, -0.2) is 14.2 Å². The van der Waals surface area contributed by atoms with Gasteiger partial charge in [0.2, 0.25) is 0 Å². The Morgan fingerprint density at radius 3 is 2.57 bits per heavy atom. The summed E-state index contributed by atoms with van der Waals surface area (Å²) in [6, 6.07) is 2.82. The molecule has 1 unspecified atom stereocenters. The minimum atomic E-state index is -1.09. The van der Waals surface area contributed by atoms with Gasteiger partial charge in [0.25, 0.3) is 0 Å². The zero-order valence-electron chi connectivity index (χ0n) is 16.8. The van der Waals surface area contributed by atoms with E-state index in [1.165, 1.54) is 25.3 Å². The van der Waals surface area contributed by atoms with E-state index in [0.717, 1.165) is 5.69 Å². The molecule has 1 N–H and O–H groups in total. The molecule has 0 saturated carbocycles. The van der Waals surface area contributed by atoms with Crippen LogP contribution in [0.4, 0.5) is 4.39 Å². The first-order valence-electron chi connectivity index (χ1n) is 8.97. The molecular formula is C21H26ClFN2O3. The number of imidazole rings is 1. The normalized spacial score (nSPS) is 13.5. The summed E-state index contributed by atoms with van der Waals surface area (Å²) in [5.74, 6) is -1.22. The van der Waals surface area contributed by atoms with Gasteiger partial charge in [-0.15, -0.1) is 11.6 Å². The monoisotopic (exact) mass is 408 g/mol. The Bertz CT molecular complexity index is 884. The number of hydrogen-bond donors (Lipinski definition) is 1. The zero-order valence-corrected chi connectivity index (χ0v) is 17.5. The lowest BCUT2D eigenvalue weighted by Crippen LogP contribution is -2.26. The lowest BCUT2D eigenvalue weighted by molar-refractivity contribution is -0.133. The van der Waals surface area contributed by atoms with Gasteiger partial charge in [-0.3, -0.25) is 0 Å². The number of aliphatic carboxylic acids is 1. The lowest BCUT2D eigenvalue weighted by atomic mass is 9.74. The highest BCUT2D eigenvalue weighted by atomic mass is 35.5. The van der Waals surface area contributed by atoms with Crippen LogP contribution in [0.3, 0.4) is 0 Å². The molecule has 152 valence electrons. The molecule has 2 aromatic rings. The van der Waals surface area contributed by atoms with Crippen LogP contribution in [0.5, 0.6) is 5.75 Å². The second-order valence-corrected chi connectivity index (χ2v) is 8.15. The first-order chi connectivity index (χ1) is 13.1. The molecule has 0 spiro atoms. The van der Waals surface area contributed by atoms with Gasteiger partial charge in [0.15, 0.2) is 0 Å². The molecule has 5 nitrogen and oxygen atoms in total. The van der Waals surface area contributed by atoms with E-state index < -0.39 is 11.8 Å². The molecule has 2 rings (SSSR count). The fraction of sp³-hybridized carbons (Fsp3) is 0.429. The molecule has 0 aliphatic heterocycles. The zero-order chi connectivity index (χ0) is 21.1. The number of nitrogens with zero attached hydrogens (tertiary/aromatic N) is 2. The van der Waals surface area contributed by atoms with Crippen molar-refractivity contribution in [2.45, 2.75) is 34.1 Å². The predicted octanol–water partition coefficient (Wildman–Crippen LogP) is 5.09. The number of aromatic nitrogens is 2. The Morgan fingerprint density at radius 2 is 2.11 bits per heavy atom. The Morgan fingerprint density at radius 1 is 1.43 bits per heavy atom. The molecular weight excluding hydrogens is 383 g/mol. The molecule has 7 heteroatoms. The minimum absolute atomic E-state index is 0.125. The summed E-state index contributed by atoms with van der Waals surface area (Å²) in [7, 11) is 1.48. The molecule has 1 aromatic heterocycles. The Balaban J connectivity index is 2.59. The number of rotatable bonds is 7. The van der Waals surface area contributed by atoms with Crippen molar-refractivity contribution in [3.05, 3.63) is 47.3 Å². The van der Waals surface area contributed by atoms with Crippen LogP contribution in [0.1, 0.15) is 38.4 Å². The van der Waals surface area contributed by atoms with Crippen LogP contribution in [0, 0.1) is 24.1 Å². The first kappa shape index (κ1) is 22.0. The second-order valence-electron chi connectivity index (χ2n) is 7.77. The number of hydrogen-bond acceptors (Lipinski definition) is 3. The van der Waals surface area contributed by atoms with Crippen molar-refractivity contribution >= 4 is 23.6 Å². The number of carboxylic acids is 1. The topological polar surface area (TPSA) is 64.3 Å². The number of methoxy groups -OCH3 is 1. The molecule has 0 saturated heterocycles. The highest BCUT2D eigenvalue weighted by Crippen LogP contribution is 2.37. The molecule has 0 bridgehead atoms. The fourth-order valence-electron chi connectivity index (χ4n) is 3.23. The van der Waals surface area contributed by atoms with Gasteiger partial charge < -0.3 is 14.4 Å². The summed E-state index contributed by atoms with van der Waals surface area (Å²) in [6.07, 6.45) is 5.19.